The molecule has 2 aromatic rings. The number of nitrogens with one attached hydrogen (secondary N) is 1. The minimum Gasteiger partial charge on any atom is -0.399 e. The minimum atomic E-state index is -3.83. The average molecular weight is 331 g/mol. The molecule has 0 aromatic heterocycles. The van der Waals surface area contributed by atoms with Gasteiger partial charge in [-0.1, -0.05) is 35.3 Å². The normalized spacial score (nSPS) is 11.3. The molecule has 0 heterocycles. The highest BCUT2D eigenvalue weighted by molar-refractivity contribution is 7.92. The van der Waals surface area contributed by atoms with Crippen LogP contribution in [0.15, 0.2) is 41.3 Å². The van der Waals surface area contributed by atoms with Gasteiger partial charge in [-0.3, -0.25) is 4.72 Å². The lowest BCUT2D eigenvalue weighted by molar-refractivity contribution is 0.601. The van der Waals surface area contributed by atoms with Crippen LogP contribution in [0.1, 0.15) is 5.56 Å². The number of hydrogen-bond acceptors (Lipinski definition) is 3. The van der Waals surface area contributed by atoms with Gasteiger partial charge in [-0.15, -0.1) is 0 Å². The molecule has 0 aliphatic heterocycles. The van der Waals surface area contributed by atoms with Crippen LogP contribution in [0.5, 0.6) is 0 Å². The fourth-order valence-electron chi connectivity index (χ4n) is 1.69. The van der Waals surface area contributed by atoms with Crippen molar-refractivity contribution in [1.29, 1.82) is 0 Å². The Kier molecular flexibility index (Phi) is 4.13. The van der Waals surface area contributed by atoms with E-state index in [1.54, 1.807) is 25.1 Å². The fraction of sp³-hybridized carbons (Fsp3) is 0.0769. The number of nitrogen functional groups attached to an aromatic ring is 1. The largest absolute Gasteiger partial charge is 0.399 e. The SMILES string of the molecule is Cc1cccc(Cl)c1NS(=O)(=O)c1ccc(N)cc1Cl. The van der Waals surface area contributed by atoms with Gasteiger partial charge in [0.05, 0.1) is 15.7 Å². The maximum absolute atomic E-state index is 12.3. The van der Waals surface area contributed by atoms with Crippen molar-refractivity contribution in [3.05, 3.63) is 52.0 Å². The van der Waals surface area contributed by atoms with E-state index < -0.39 is 10.0 Å². The maximum Gasteiger partial charge on any atom is 0.263 e. The molecule has 0 saturated heterocycles. The summed E-state index contributed by atoms with van der Waals surface area (Å²) in [7, 11) is -3.83. The van der Waals surface area contributed by atoms with Gasteiger partial charge in [-0.05, 0) is 36.8 Å². The van der Waals surface area contributed by atoms with Crippen LogP contribution in [-0.4, -0.2) is 8.42 Å². The molecule has 0 aliphatic carbocycles. The minimum absolute atomic E-state index is 0.0484. The molecular weight excluding hydrogens is 319 g/mol. The van der Waals surface area contributed by atoms with Crippen LogP contribution < -0.4 is 10.5 Å². The van der Waals surface area contributed by atoms with E-state index in [0.717, 1.165) is 0 Å². The standard InChI is InChI=1S/C13H12Cl2N2O2S/c1-8-3-2-4-10(14)13(8)17-20(18,19)12-6-5-9(16)7-11(12)15/h2-7,17H,16H2,1H3. The van der Waals surface area contributed by atoms with E-state index in [1.807, 2.05) is 0 Å². The first kappa shape index (κ1) is 15.0. The van der Waals surface area contributed by atoms with Gasteiger partial charge >= 0.3 is 0 Å². The Morgan fingerprint density at radius 2 is 1.80 bits per heavy atom. The molecule has 0 radical (unpaired) electrons. The molecule has 7 heteroatoms. The summed E-state index contributed by atoms with van der Waals surface area (Å²) < 4.78 is 27.1. The van der Waals surface area contributed by atoms with E-state index in [9.17, 15) is 8.42 Å². The Bertz CT molecular complexity index is 741. The number of aryl methyl sites for hydroxylation is 1. The number of anilines is 2. The molecule has 0 atom stereocenters. The summed E-state index contributed by atoms with van der Waals surface area (Å²) in [5.41, 5.74) is 6.99. The van der Waals surface area contributed by atoms with Crippen LogP contribution in [0, 0.1) is 6.92 Å². The van der Waals surface area contributed by atoms with E-state index in [2.05, 4.69) is 4.72 Å². The Balaban J connectivity index is 2.46. The Hall–Kier alpha value is -1.43. The lowest BCUT2D eigenvalue weighted by Crippen LogP contribution is -2.14. The van der Waals surface area contributed by atoms with Crippen LogP contribution in [0.3, 0.4) is 0 Å². The van der Waals surface area contributed by atoms with Crippen LogP contribution >= 0.6 is 23.2 Å². The summed E-state index contributed by atoms with van der Waals surface area (Å²) in [6.07, 6.45) is 0. The van der Waals surface area contributed by atoms with Crippen molar-refractivity contribution in [2.24, 2.45) is 0 Å². The van der Waals surface area contributed by atoms with Gasteiger partial charge in [0.2, 0.25) is 0 Å². The second-order valence-electron chi connectivity index (χ2n) is 4.23. The Labute approximate surface area is 127 Å². The quantitative estimate of drug-likeness (QED) is 0.843. The van der Waals surface area contributed by atoms with E-state index in [0.29, 0.717) is 22.0 Å². The van der Waals surface area contributed by atoms with Gasteiger partial charge < -0.3 is 5.73 Å². The highest BCUT2D eigenvalue weighted by Crippen LogP contribution is 2.30. The molecule has 106 valence electrons. The summed E-state index contributed by atoms with van der Waals surface area (Å²) in [5, 5.41) is 0.377. The summed E-state index contributed by atoms with van der Waals surface area (Å²) in [6.45, 7) is 1.76. The molecule has 0 saturated carbocycles. The number of sulfonamides is 1. The molecule has 0 amide bonds. The van der Waals surface area contributed by atoms with Crippen LogP contribution in [0.25, 0.3) is 0 Å². The van der Waals surface area contributed by atoms with Crippen molar-refractivity contribution in [2.45, 2.75) is 11.8 Å². The smallest absolute Gasteiger partial charge is 0.263 e. The summed E-state index contributed by atoms with van der Waals surface area (Å²) in [6, 6.07) is 9.32. The number of rotatable bonds is 3. The second-order valence-corrected chi connectivity index (χ2v) is 6.69. The third-order valence-electron chi connectivity index (χ3n) is 2.70. The van der Waals surface area contributed by atoms with Crippen molar-refractivity contribution in [3.63, 3.8) is 0 Å². The zero-order valence-electron chi connectivity index (χ0n) is 10.5. The number of benzene rings is 2. The first-order chi connectivity index (χ1) is 9.31. The molecular formula is C13H12Cl2N2O2S. The summed E-state index contributed by atoms with van der Waals surface area (Å²) >= 11 is 11.9. The molecule has 0 unspecified atom stereocenters. The van der Waals surface area contributed by atoms with Crippen molar-refractivity contribution in [1.82, 2.24) is 0 Å². The number of hydrogen-bond donors (Lipinski definition) is 2. The number of halogens is 2. The Morgan fingerprint density at radius 3 is 2.40 bits per heavy atom. The van der Waals surface area contributed by atoms with E-state index in [1.165, 1.54) is 18.2 Å². The van der Waals surface area contributed by atoms with Gasteiger partial charge in [-0.2, -0.15) is 0 Å². The van der Waals surface area contributed by atoms with Crippen molar-refractivity contribution < 1.29 is 8.42 Å². The van der Waals surface area contributed by atoms with Gasteiger partial charge in [0.1, 0.15) is 4.90 Å². The fourth-order valence-corrected chi connectivity index (χ4v) is 3.72. The molecule has 2 rings (SSSR count). The van der Waals surface area contributed by atoms with E-state index in [-0.39, 0.29) is 9.92 Å². The maximum atomic E-state index is 12.3. The zero-order chi connectivity index (χ0) is 14.9. The van der Waals surface area contributed by atoms with Gasteiger partial charge in [0.15, 0.2) is 0 Å². The third-order valence-corrected chi connectivity index (χ3v) is 4.85. The first-order valence-corrected chi connectivity index (χ1v) is 7.88. The number of nitrogens with two attached hydrogens (primary N) is 1. The number of para-hydroxylation sites is 1. The van der Waals surface area contributed by atoms with Crippen LogP contribution in [-0.2, 0) is 10.0 Å². The highest BCUT2D eigenvalue weighted by atomic mass is 35.5. The van der Waals surface area contributed by atoms with E-state index in [4.69, 9.17) is 28.9 Å². The van der Waals surface area contributed by atoms with Gasteiger partial charge in [0, 0.05) is 5.69 Å². The molecule has 0 bridgehead atoms. The van der Waals surface area contributed by atoms with Gasteiger partial charge in [-0.25, -0.2) is 8.42 Å². The molecule has 2 aromatic carbocycles. The molecule has 20 heavy (non-hydrogen) atoms. The lowest BCUT2D eigenvalue weighted by Gasteiger charge is -2.13. The predicted molar refractivity (Wildman–Crippen MR) is 82.9 cm³/mol. The summed E-state index contributed by atoms with van der Waals surface area (Å²) in [5.74, 6) is 0. The monoisotopic (exact) mass is 330 g/mol. The second kappa shape index (κ2) is 5.52. The molecule has 0 fully saturated rings. The zero-order valence-corrected chi connectivity index (χ0v) is 12.9. The third kappa shape index (κ3) is 3.00. The van der Waals surface area contributed by atoms with Crippen molar-refractivity contribution >= 4 is 44.6 Å². The average Bonchev–Trinajstić information content (AvgIpc) is 2.33. The lowest BCUT2D eigenvalue weighted by atomic mass is 10.2. The van der Waals surface area contributed by atoms with Crippen LogP contribution in [0.4, 0.5) is 11.4 Å². The molecule has 4 nitrogen and oxygen atoms in total. The van der Waals surface area contributed by atoms with E-state index >= 15 is 0 Å². The van der Waals surface area contributed by atoms with Gasteiger partial charge in [0.25, 0.3) is 10.0 Å². The van der Waals surface area contributed by atoms with Crippen molar-refractivity contribution in [2.75, 3.05) is 10.5 Å². The Morgan fingerprint density at radius 1 is 1.10 bits per heavy atom. The molecule has 3 N–H and O–H groups in total. The molecule has 0 aliphatic rings. The topological polar surface area (TPSA) is 72.2 Å². The highest BCUT2D eigenvalue weighted by Gasteiger charge is 2.20. The summed E-state index contributed by atoms with van der Waals surface area (Å²) in [4.78, 5) is -0.0484. The van der Waals surface area contributed by atoms with Crippen LogP contribution in [0.2, 0.25) is 10.0 Å². The van der Waals surface area contributed by atoms with Crippen molar-refractivity contribution in [3.8, 4) is 0 Å². The molecule has 0 spiro atoms. The predicted octanol–water partition coefficient (Wildman–Crippen LogP) is 3.68. The first-order valence-electron chi connectivity index (χ1n) is 5.64.